The summed E-state index contributed by atoms with van der Waals surface area (Å²) in [5.74, 6) is -0.849. The fourth-order valence-corrected chi connectivity index (χ4v) is 1.53. The van der Waals surface area contributed by atoms with Crippen molar-refractivity contribution < 1.29 is 19.1 Å². The fraction of sp³-hybridized carbons (Fsp3) is 0.545. The van der Waals surface area contributed by atoms with Gasteiger partial charge in [0.1, 0.15) is 6.73 Å². The third kappa shape index (κ3) is 4.36. The maximum absolute atomic E-state index is 11.2. The molecular formula is C11H16N2O4. The van der Waals surface area contributed by atoms with E-state index in [0.29, 0.717) is 25.8 Å². The van der Waals surface area contributed by atoms with Gasteiger partial charge in [0, 0.05) is 25.1 Å². The number of nitrogens with two attached hydrogens (primary N) is 1. The molecule has 0 fully saturated rings. The maximum Gasteiger partial charge on any atom is 0.307 e. The molecule has 0 unspecified atom stereocenters. The standard InChI is InChI=1S/C11H16N2O4/c12-8-17-11(16)4-2-1-3-7-13-9(14)5-6-10(13)15/h5-6H,1-4,7-8,12H2. The van der Waals surface area contributed by atoms with Gasteiger partial charge in [0.2, 0.25) is 0 Å². The van der Waals surface area contributed by atoms with Crippen LogP contribution in [0.5, 0.6) is 0 Å². The highest BCUT2D eigenvalue weighted by Gasteiger charge is 2.22. The first-order valence-electron chi connectivity index (χ1n) is 5.54. The molecule has 1 rings (SSSR count). The van der Waals surface area contributed by atoms with Crippen molar-refractivity contribution in [3.63, 3.8) is 0 Å². The van der Waals surface area contributed by atoms with Crippen LogP contribution in [0.2, 0.25) is 0 Å². The summed E-state index contributed by atoms with van der Waals surface area (Å²) in [4.78, 5) is 34.5. The van der Waals surface area contributed by atoms with E-state index in [1.165, 1.54) is 17.1 Å². The molecule has 0 aromatic rings. The molecule has 17 heavy (non-hydrogen) atoms. The number of esters is 1. The van der Waals surface area contributed by atoms with Crippen LogP contribution in [0, 0.1) is 0 Å². The second kappa shape index (κ2) is 6.80. The van der Waals surface area contributed by atoms with E-state index >= 15 is 0 Å². The first-order chi connectivity index (χ1) is 8.15. The van der Waals surface area contributed by atoms with Crippen LogP contribution >= 0.6 is 0 Å². The van der Waals surface area contributed by atoms with Gasteiger partial charge in [-0.15, -0.1) is 0 Å². The zero-order valence-electron chi connectivity index (χ0n) is 9.55. The normalized spacial score (nSPS) is 14.5. The van der Waals surface area contributed by atoms with E-state index in [2.05, 4.69) is 4.74 Å². The summed E-state index contributed by atoms with van der Waals surface area (Å²) < 4.78 is 4.57. The van der Waals surface area contributed by atoms with Gasteiger partial charge in [0.25, 0.3) is 11.8 Å². The average molecular weight is 240 g/mol. The van der Waals surface area contributed by atoms with Gasteiger partial charge >= 0.3 is 5.97 Å². The molecule has 0 radical (unpaired) electrons. The van der Waals surface area contributed by atoms with Gasteiger partial charge in [0.05, 0.1) is 0 Å². The van der Waals surface area contributed by atoms with E-state index in [9.17, 15) is 14.4 Å². The third-order valence-electron chi connectivity index (χ3n) is 2.41. The van der Waals surface area contributed by atoms with Crippen molar-refractivity contribution in [1.29, 1.82) is 0 Å². The molecule has 0 aliphatic carbocycles. The van der Waals surface area contributed by atoms with Crippen molar-refractivity contribution in [2.75, 3.05) is 13.3 Å². The van der Waals surface area contributed by atoms with Crippen LogP contribution < -0.4 is 5.73 Å². The number of nitrogens with zero attached hydrogens (tertiary/aromatic N) is 1. The van der Waals surface area contributed by atoms with Crippen LogP contribution in [0.15, 0.2) is 12.2 Å². The van der Waals surface area contributed by atoms with Crippen LogP contribution in [-0.4, -0.2) is 36.0 Å². The summed E-state index contributed by atoms with van der Waals surface area (Å²) in [7, 11) is 0. The number of ether oxygens (including phenoxy) is 1. The number of carbonyl (C=O) groups excluding carboxylic acids is 3. The monoisotopic (exact) mass is 240 g/mol. The third-order valence-corrected chi connectivity index (χ3v) is 2.41. The van der Waals surface area contributed by atoms with E-state index in [0.717, 1.165) is 6.42 Å². The van der Waals surface area contributed by atoms with Crippen molar-refractivity contribution in [3.05, 3.63) is 12.2 Å². The lowest BCUT2D eigenvalue weighted by Crippen LogP contribution is -2.30. The molecule has 0 saturated heterocycles. The second-order valence-corrected chi connectivity index (χ2v) is 3.66. The zero-order chi connectivity index (χ0) is 12.7. The number of carbonyl (C=O) groups is 3. The predicted octanol–water partition coefficient (Wildman–Crippen LogP) is -0.0688. The highest BCUT2D eigenvalue weighted by atomic mass is 16.5. The zero-order valence-corrected chi connectivity index (χ0v) is 9.55. The lowest BCUT2D eigenvalue weighted by molar-refractivity contribution is -0.143. The molecule has 6 nitrogen and oxygen atoms in total. The summed E-state index contributed by atoms with van der Waals surface area (Å²) in [6.45, 7) is 0.303. The smallest absolute Gasteiger partial charge is 0.307 e. The minimum Gasteiger partial charge on any atom is -0.450 e. The Morgan fingerprint density at radius 1 is 1.18 bits per heavy atom. The Balaban J connectivity index is 2.07. The number of hydrogen-bond acceptors (Lipinski definition) is 5. The lowest BCUT2D eigenvalue weighted by Gasteiger charge is -2.12. The average Bonchev–Trinajstić information content (AvgIpc) is 2.60. The van der Waals surface area contributed by atoms with E-state index < -0.39 is 0 Å². The van der Waals surface area contributed by atoms with Crippen molar-refractivity contribution in [1.82, 2.24) is 4.90 Å². The SMILES string of the molecule is NCOC(=O)CCCCCN1C(=O)C=CC1=O. The van der Waals surface area contributed by atoms with Crippen molar-refractivity contribution in [2.45, 2.75) is 25.7 Å². The molecular weight excluding hydrogens is 224 g/mol. The van der Waals surface area contributed by atoms with Gasteiger partial charge in [-0.3, -0.25) is 25.0 Å². The van der Waals surface area contributed by atoms with Crippen molar-refractivity contribution in [2.24, 2.45) is 5.73 Å². The first-order valence-corrected chi connectivity index (χ1v) is 5.54. The Morgan fingerprint density at radius 2 is 1.82 bits per heavy atom. The molecule has 1 heterocycles. The number of unbranched alkanes of at least 4 members (excludes halogenated alkanes) is 2. The van der Waals surface area contributed by atoms with Gasteiger partial charge in [-0.05, 0) is 12.8 Å². The molecule has 6 heteroatoms. The molecule has 0 saturated carbocycles. The molecule has 2 N–H and O–H groups in total. The van der Waals surface area contributed by atoms with Gasteiger partial charge < -0.3 is 4.74 Å². The quantitative estimate of drug-likeness (QED) is 0.291. The molecule has 0 aromatic heterocycles. The highest BCUT2D eigenvalue weighted by Crippen LogP contribution is 2.07. The largest absolute Gasteiger partial charge is 0.450 e. The summed E-state index contributed by atoms with van der Waals surface area (Å²) in [6.07, 6.45) is 4.97. The van der Waals surface area contributed by atoms with Gasteiger partial charge in [-0.25, -0.2) is 0 Å². The Kier molecular flexibility index (Phi) is 5.35. The van der Waals surface area contributed by atoms with E-state index in [-0.39, 0.29) is 24.5 Å². The van der Waals surface area contributed by atoms with Crippen molar-refractivity contribution in [3.8, 4) is 0 Å². The molecule has 1 aliphatic rings. The second-order valence-electron chi connectivity index (χ2n) is 3.66. The van der Waals surface area contributed by atoms with Crippen LogP contribution in [0.1, 0.15) is 25.7 Å². The maximum atomic E-state index is 11.2. The van der Waals surface area contributed by atoms with Crippen molar-refractivity contribution >= 4 is 17.8 Å². The van der Waals surface area contributed by atoms with E-state index in [4.69, 9.17) is 5.73 Å². The number of imide groups is 1. The highest BCUT2D eigenvalue weighted by molar-refractivity contribution is 6.12. The van der Waals surface area contributed by atoms with Crippen LogP contribution in [-0.2, 0) is 19.1 Å². The molecule has 2 amide bonds. The Morgan fingerprint density at radius 3 is 2.41 bits per heavy atom. The van der Waals surface area contributed by atoms with Crippen LogP contribution in [0.4, 0.5) is 0 Å². The minimum absolute atomic E-state index is 0.0959. The van der Waals surface area contributed by atoms with Crippen LogP contribution in [0.3, 0.4) is 0 Å². The van der Waals surface area contributed by atoms with Gasteiger partial charge in [-0.1, -0.05) is 6.42 Å². The molecule has 0 aromatic carbocycles. The molecule has 94 valence electrons. The molecule has 0 atom stereocenters. The molecule has 1 aliphatic heterocycles. The fourth-order valence-electron chi connectivity index (χ4n) is 1.53. The topological polar surface area (TPSA) is 89.7 Å². The summed E-state index contributed by atoms with van der Waals surface area (Å²) >= 11 is 0. The van der Waals surface area contributed by atoms with Gasteiger partial charge in [0.15, 0.2) is 0 Å². The summed E-state index contributed by atoms with van der Waals surface area (Å²) in [5.41, 5.74) is 5.04. The summed E-state index contributed by atoms with van der Waals surface area (Å²) in [5, 5.41) is 0. The lowest BCUT2D eigenvalue weighted by atomic mass is 10.2. The van der Waals surface area contributed by atoms with Gasteiger partial charge in [-0.2, -0.15) is 0 Å². The minimum atomic E-state index is -0.317. The van der Waals surface area contributed by atoms with E-state index in [1.807, 2.05) is 0 Å². The Hall–Kier alpha value is -1.69. The molecule has 0 bridgehead atoms. The van der Waals surface area contributed by atoms with E-state index in [1.54, 1.807) is 0 Å². The predicted molar refractivity (Wildman–Crippen MR) is 59.5 cm³/mol. The number of amides is 2. The summed E-state index contributed by atoms with van der Waals surface area (Å²) in [6, 6.07) is 0. The first kappa shape index (κ1) is 13.4. The van der Waals surface area contributed by atoms with Crippen LogP contribution in [0.25, 0.3) is 0 Å². The molecule has 0 spiro atoms. The Labute approximate surface area is 99.4 Å². The number of rotatable bonds is 7. The Bertz CT molecular complexity index is 320. The number of hydrogen-bond donors (Lipinski definition) is 1.